The van der Waals surface area contributed by atoms with Gasteiger partial charge in [-0.15, -0.1) is 0 Å². The fourth-order valence-electron chi connectivity index (χ4n) is 2.07. The Balaban J connectivity index is 1.87. The van der Waals surface area contributed by atoms with Crippen LogP contribution < -0.4 is 11.1 Å². The Labute approximate surface area is 136 Å². The predicted octanol–water partition coefficient (Wildman–Crippen LogP) is 4.38. The summed E-state index contributed by atoms with van der Waals surface area (Å²) in [5.41, 5.74) is 8.06. The van der Waals surface area contributed by atoms with Crippen LogP contribution in [0.15, 0.2) is 59.2 Å². The third kappa shape index (κ3) is 3.20. The second-order valence-corrected chi connectivity index (χ2v) is 5.98. The standard InChI is InChI=1S/C16H12BrN3S/c17-12-3-1-11-8-13(4-2-10(11)7-12)20-14-5-6-15(16(18)21)19-9-14/h1-9,20H,(H2,18,21). The highest BCUT2D eigenvalue weighted by molar-refractivity contribution is 9.10. The molecule has 0 saturated carbocycles. The molecule has 104 valence electrons. The minimum atomic E-state index is 0.304. The van der Waals surface area contributed by atoms with Crippen LogP contribution in [0.2, 0.25) is 0 Å². The number of fused-ring (bicyclic) bond motifs is 1. The van der Waals surface area contributed by atoms with Crippen LogP contribution in [-0.4, -0.2) is 9.97 Å². The molecule has 0 unspecified atom stereocenters. The monoisotopic (exact) mass is 357 g/mol. The van der Waals surface area contributed by atoms with Gasteiger partial charge in [-0.3, -0.25) is 4.98 Å². The van der Waals surface area contributed by atoms with E-state index in [9.17, 15) is 0 Å². The van der Waals surface area contributed by atoms with Gasteiger partial charge < -0.3 is 11.1 Å². The summed E-state index contributed by atoms with van der Waals surface area (Å²) < 4.78 is 1.08. The largest absolute Gasteiger partial charge is 0.388 e. The molecule has 0 atom stereocenters. The maximum Gasteiger partial charge on any atom is 0.122 e. The Morgan fingerprint density at radius 2 is 1.71 bits per heavy atom. The summed E-state index contributed by atoms with van der Waals surface area (Å²) >= 11 is 8.37. The normalized spacial score (nSPS) is 10.5. The molecule has 0 aliphatic rings. The van der Waals surface area contributed by atoms with Crippen LogP contribution in [0, 0.1) is 0 Å². The van der Waals surface area contributed by atoms with E-state index in [0.29, 0.717) is 10.7 Å². The zero-order chi connectivity index (χ0) is 14.8. The Bertz CT molecular complexity index is 815. The number of nitrogens with one attached hydrogen (secondary N) is 1. The third-order valence-corrected chi connectivity index (χ3v) is 3.81. The summed E-state index contributed by atoms with van der Waals surface area (Å²) in [5, 5.41) is 5.69. The molecule has 0 bridgehead atoms. The lowest BCUT2D eigenvalue weighted by Crippen LogP contribution is -2.11. The van der Waals surface area contributed by atoms with Crippen LogP contribution in [0.5, 0.6) is 0 Å². The van der Waals surface area contributed by atoms with Crippen LogP contribution in [0.4, 0.5) is 11.4 Å². The first-order valence-electron chi connectivity index (χ1n) is 6.34. The first-order chi connectivity index (χ1) is 10.1. The molecule has 3 aromatic rings. The molecule has 0 aliphatic heterocycles. The molecule has 3 nitrogen and oxygen atoms in total. The van der Waals surface area contributed by atoms with Crippen LogP contribution in [0.25, 0.3) is 10.8 Å². The maximum atomic E-state index is 5.54. The fraction of sp³-hybridized carbons (Fsp3) is 0. The number of hydrogen-bond acceptors (Lipinski definition) is 3. The molecule has 0 aliphatic carbocycles. The average molecular weight is 358 g/mol. The Hall–Kier alpha value is -1.98. The summed E-state index contributed by atoms with van der Waals surface area (Å²) in [6.07, 6.45) is 1.72. The molecule has 2 aromatic carbocycles. The minimum Gasteiger partial charge on any atom is -0.388 e. The molecule has 1 aromatic heterocycles. The average Bonchev–Trinajstić information content (AvgIpc) is 2.48. The Morgan fingerprint density at radius 3 is 2.43 bits per heavy atom. The van der Waals surface area contributed by atoms with Crippen molar-refractivity contribution >= 4 is 55.3 Å². The summed E-state index contributed by atoms with van der Waals surface area (Å²) in [6.45, 7) is 0. The first kappa shape index (κ1) is 14.0. The van der Waals surface area contributed by atoms with Crippen LogP contribution in [0.1, 0.15) is 5.69 Å². The quantitative estimate of drug-likeness (QED) is 0.683. The highest BCUT2D eigenvalue weighted by Crippen LogP contribution is 2.24. The van der Waals surface area contributed by atoms with Crippen molar-refractivity contribution in [3.05, 3.63) is 64.9 Å². The van der Waals surface area contributed by atoms with Crippen molar-refractivity contribution in [3.63, 3.8) is 0 Å². The van der Waals surface area contributed by atoms with E-state index in [1.807, 2.05) is 24.3 Å². The van der Waals surface area contributed by atoms with E-state index in [1.165, 1.54) is 10.8 Å². The first-order valence-corrected chi connectivity index (χ1v) is 7.54. The number of hydrogen-bond donors (Lipinski definition) is 2. The van der Waals surface area contributed by atoms with Crippen molar-refractivity contribution in [1.82, 2.24) is 4.98 Å². The van der Waals surface area contributed by atoms with Gasteiger partial charge in [0.1, 0.15) is 4.99 Å². The topological polar surface area (TPSA) is 50.9 Å². The molecular formula is C16H12BrN3S. The molecular weight excluding hydrogens is 346 g/mol. The van der Waals surface area contributed by atoms with Crippen molar-refractivity contribution in [2.24, 2.45) is 5.73 Å². The van der Waals surface area contributed by atoms with Gasteiger partial charge in [-0.05, 0) is 47.2 Å². The summed E-state index contributed by atoms with van der Waals surface area (Å²) in [6, 6.07) is 16.1. The van der Waals surface area contributed by atoms with Crippen molar-refractivity contribution in [2.45, 2.75) is 0 Å². The smallest absolute Gasteiger partial charge is 0.122 e. The second kappa shape index (κ2) is 5.79. The van der Waals surface area contributed by atoms with Gasteiger partial charge in [0, 0.05) is 10.2 Å². The van der Waals surface area contributed by atoms with E-state index in [-0.39, 0.29) is 0 Å². The van der Waals surface area contributed by atoms with Gasteiger partial charge in [-0.25, -0.2) is 0 Å². The van der Waals surface area contributed by atoms with E-state index >= 15 is 0 Å². The van der Waals surface area contributed by atoms with Gasteiger partial charge in [-0.1, -0.05) is 40.3 Å². The second-order valence-electron chi connectivity index (χ2n) is 4.63. The molecule has 0 fully saturated rings. The number of rotatable bonds is 3. The van der Waals surface area contributed by atoms with Gasteiger partial charge >= 0.3 is 0 Å². The number of halogens is 1. The van der Waals surface area contributed by atoms with E-state index in [0.717, 1.165) is 15.8 Å². The Morgan fingerprint density at radius 1 is 1.00 bits per heavy atom. The zero-order valence-electron chi connectivity index (χ0n) is 11.0. The highest BCUT2D eigenvalue weighted by atomic mass is 79.9. The van der Waals surface area contributed by atoms with Crippen molar-refractivity contribution < 1.29 is 0 Å². The van der Waals surface area contributed by atoms with Crippen molar-refractivity contribution in [2.75, 3.05) is 5.32 Å². The molecule has 1 heterocycles. The number of benzene rings is 2. The third-order valence-electron chi connectivity index (χ3n) is 3.11. The molecule has 0 amide bonds. The highest BCUT2D eigenvalue weighted by Gasteiger charge is 2.01. The molecule has 3 rings (SSSR count). The van der Waals surface area contributed by atoms with Gasteiger partial charge in [0.2, 0.25) is 0 Å². The molecule has 0 spiro atoms. The van der Waals surface area contributed by atoms with E-state index in [1.54, 1.807) is 6.20 Å². The lowest BCUT2D eigenvalue weighted by Gasteiger charge is -2.08. The molecule has 0 radical (unpaired) electrons. The van der Waals surface area contributed by atoms with Gasteiger partial charge in [0.05, 0.1) is 17.6 Å². The molecule has 3 N–H and O–H groups in total. The van der Waals surface area contributed by atoms with Crippen molar-refractivity contribution in [1.29, 1.82) is 0 Å². The number of nitrogens with zero attached hydrogens (tertiary/aromatic N) is 1. The Kier molecular flexibility index (Phi) is 3.86. The molecule has 21 heavy (non-hydrogen) atoms. The summed E-state index contributed by atoms with van der Waals surface area (Å²) in [4.78, 5) is 4.52. The lowest BCUT2D eigenvalue weighted by atomic mass is 10.1. The van der Waals surface area contributed by atoms with E-state index in [4.69, 9.17) is 18.0 Å². The van der Waals surface area contributed by atoms with Crippen LogP contribution in [-0.2, 0) is 0 Å². The number of anilines is 2. The fourth-order valence-corrected chi connectivity index (χ4v) is 2.57. The maximum absolute atomic E-state index is 5.54. The molecule has 0 saturated heterocycles. The number of pyridine rings is 1. The summed E-state index contributed by atoms with van der Waals surface area (Å²) in [7, 11) is 0. The molecule has 5 heteroatoms. The number of nitrogens with two attached hydrogens (primary N) is 1. The predicted molar refractivity (Wildman–Crippen MR) is 95.1 cm³/mol. The van der Waals surface area contributed by atoms with E-state index < -0.39 is 0 Å². The number of thiocarbonyl (C=S) groups is 1. The van der Waals surface area contributed by atoms with Gasteiger partial charge in [0.25, 0.3) is 0 Å². The van der Waals surface area contributed by atoms with Crippen LogP contribution >= 0.6 is 28.1 Å². The number of aromatic nitrogens is 1. The van der Waals surface area contributed by atoms with Gasteiger partial charge in [0.15, 0.2) is 0 Å². The minimum absolute atomic E-state index is 0.304. The zero-order valence-corrected chi connectivity index (χ0v) is 13.4. The van der Waals surface area contributed by atoms with Gasteiger partial charge in [-0.2, -0.15) is 0 Å². The van der Waals surface area contributed by atoms with E-state index in [2.05, 4.69) is 50.5 Å². The van der Waals surface area contributed by atoms with Crippen LogP contribution in [0.3, 0.4) is 0 Å². The van der Waals surface area contributed by atoms with Crippen molar-refractivity contribution in [3.8, 4) is 0 Å². The summed E-state index contributed by atoms with van der Waals surface area (Å²) in [5.74, 6) is 0. The SMILES string of the molecule is NC(=S)c1ccc(Nc2ccc3cc(Br)ccc3c2)cn1. The lowest BCUT2D eigenvalue weighted by molar-refractivity contribution is 1.29.